The lowest BCUT2D eigenvalue weighted by atomic mass is 11.0. The first-order chi connectivity index (χ1) is 4.50. The number of rotatable bonds is 1. The fourth-order valence-corrected chi connectivity index (χ4v) is 2.55. The van der Waals surface area contributed by atoms with Gasteiger partial charge in [-0.2, -0.15) is 0 Å². The van der Waals surface area contributed by atoms with Crippen LogP contribution in [0.5, 0.6) is 0 Å². The second-order valence-electron chi connectivity index (χ2n) is 2.39. The molecule has 2 N–H and O–H groups in total. The first-order valence-corrected chi connectivity index (χ1v) is 6.25. The average molecular weight is 176 g/mol. The molecule has 0 unspecified atom stereocenters. The molecule has 0 amide bonds. The van der Waals surface area contributed by atoms with Crippen molar-refractivity contribution < 1.29 is 4.57 Å². The quantitative estimate of drug-likeness (QED) is 0.649. The van der Waals surface area contributed by atoms with Crippen molar-refractivity contribution in [2.24, 2.45) is 0 Å². The third-order valence-corrected chi connectivity index (χ3v) is 3.24. The normalized spacial score (nSPS) is 11.8. The van der Waals surface area contributed by atoms with Crippen LogP contribution in [-0.2, 0) is 4.57 Å². The lowest BCUT2D eigenvalue weighted by Crippen LogP contribution is -2.03. The van der Waals surface area contributed by atoms with E-state index in [1.54, 1.807) is 18.7 Å². The van der Waals surface area contributed by atoms with Gasteiger partial charge in [0.2, 0.25) is 0 Å². The van der Waals surface area contributed by atoms with Gasteiger partial charge >= 0.3 is 0 Å². The molecule has 0 aliphatic heterocycles. The third-order valence-electron chi connectivity index (χ3n) is 1.06. The summed E-state index contributed by atoms with van der Waals surface area (Å²) in [6, 6.07) is 0. The van der Waals surface area contributed by atoms with Crippen LogP contribution in [0.4, 0.5) is 5.13 Å². The van der Waals surface area contributed by atoms with Gasteiger partial charge in [0.05, 0.1) is 0 Å². The van der Waals surface area contributed by atoms with Gasteiger partial charge in [-0.15, -0.1) is 11.3 Å². The number of thiazole rings is 1. The van der Waals surface area contributed by atoms with Crippen molar-refractivity contribution >= 4 is 29.0 Å². The van der Waals surface area contributed by atoms with Gasteiger partial charge in [0.15, 0.2) is 5.13 Å². The summed E-state index contributed by atoms with van der Waals surface area (Å²) in [5.74, 6) is 0. The zero-order valence-electron chi connectivity index (χ0n) is 5.87. The van der Waals surface area contributed by atoms with E-state index in [0.29, 0.717) is 10.6 Å². The summed E-state index contributed by atoms with van der Waals surface area (Å²) in [5.41, 5.74) is 6.00. The number of hydrogen-bond donors (Lipinski definition) is 1. The lowest BCUT2D eigenvalue weighted by Gasteiger charge is -1.98. The molecule has 0 fully saturated rings. The minimum Gasteiger partial charge on any atom is -0.375 e. The molecule has 1 aromatic rings. The molecule has 0 saturated carbocycles. The average Bonchev–Trinajstić information content (AvgIpc) is 2.11. The molecule has 1 rings (SSSR count). The second kappa shape index (κ2) is 2.36. The van der Waals surface area contributed by atoms with Crippen LogP contribution in [-0.4, -0.2) is 18.3 Å². The monoisotopic (exact) mass is 176 g/mol. The van der Waals surface area contributed by atoms with Crippen molar-refractivity contribution in [1.82, 2.24) is 4.98 Å². The molecule has 0 saturated heterocycles. The van der Waals surface area contributed by atoms with Gasteiger partial charge < -0.3 is 10.3 Å². The summed E-state index contributed by atoms with van der Waals surface area (Å²) < 4.78 is 11.3. The smallest absolute Gasteiger partial charge is 0.180 e. The Balaban J connectivity index is 3.08. The Bertz CT molecular complexity index is 277. The Morgan fingerprint density at radius 3 is 2.50 bits per heavy atom. The van der Waals surface area contributed by atoms with Gasteiger partial charge in [0.25, 0.3) is 0 Å². The highest BCUT2D eigenvalue weighted by molar-refractivity contribution is 7.70. The Kier molecular flexibility index (Phi) is 1.84. The fraction of sp³-hybridized carbons (Fsp3) is 0.400. The minimum atomic E-state index is -2.18. The highest BCUT2D eigenvalue weighted by Gasteiger charge is 2.13. The van der Waals surface area contributed by atoms with Gasteiger partial charge in [0, 0.05) is 5.38 Å². The van der Waals surface area contributed by atoms with Crippen molar-refractivity contribution in [1.29, 1.82) is 0 Å². The molecule has 0 aliphatic carbocycles. The molecule has 0 spiro atoms. The molecule has 0 aromatic carbocycles. The number of anilines is 1. The van der Waals surface area contributed by atoms with Crippen LogP contribution in [0.15, 0.2) is 5.38 Å². The first-order valence-electron chi connectivity index (χ1n) is 2.76. The van der Waals surface area contributed by atoms with E-state index in [9.17, 15) is 4.57 Å². The minimum absolute atomic E-state index is 0.485. The highest BCUT2D eigenvalue weighted by Crippen LogP contribution is 2.34. The van der Waals surface area contributed by atoms with Crippen LogP contribution >= 0.6 is 18.5 Å². The van der Waals surface area contributed by atoms with Crippen LogP contribution in [0, 0.1) is 0 Å². The molecule has 5 heteroatoms. The molecule has 0 aliphatic rings. The molecule has 3 nitrogen and oxygen atoms in total. The van der Waals surface area contributed by atoms with E-state index in [4.69, 9.17) is 5.73 Å². The summed E-state index contributed by atoms with van der Waals surface area (Å²) in [6.07, 6.45) is 0. The van der Waals surface area contributed by atoms with E-state index in [1.165, 1.54) is 11.3 Å². The fourth-order valence-electron chi connectivity index (χ4n) is 0.526. The van der Waals surface area contributed by atoms with Gasteiger partial charge in [0.1, 0.15) is 12.6 Å². The Labute approximate surface area is 63.7 Å². The Hall–Kier alpha value is -0.340. The number of aromatic nitrogens is 1. The van der Waals surface area contributed by atoms with E-state index >= 15 is 0 Å². The lowest BCUT2D eigenvalue weighted by molar-refractivity contribution is 0.588. The maximum atomic E-state index is 11.3. The summed E-state index contributed by atoms with van der Waals surface area (Å²) in [7, 11) is -2.18. The zero-order valence-corrected chi connectivity index (χ0v) is 7.58. The first kappa shape index (κ1) is 7.76. The molecule has 0 bridgehead atoms. The predicted molar refractivity (Wildman–Crippen MR) is 45.6 cm³/mol. The largest absolute Gasteiger partial charge is 0.375 e. The van der Waals surface area contributed by atoms with E-state index in [-0.39, 0.29) is 0 Å². The summed E-state index contributed by atoms with van der Waals surface area (Å²) in [5, 5.41) is 2.23. The van der Waals surface area contributed by atoms with E-state index in [0.717, 1.165) is 0 Å². The number of nitrogens with two attached hydrogens (primary N) is 1. The van der Waals surface area contributed by atoms with Crippen molar-refractivity contribution in [3.63, 3.8) is 0 Å². The molecular formula is C5H9N2OPS. The second-order valence-corrected chi connectivity index (χ2v) is 6.44. The SMILES string of the molecule is CP(C)(=O)c1csc(N)n1. The van der Waals surface area contributed by atoms with Crippen LogP contribution in [0.1, 0.15) is 0 Å². The molecule has 0 atom stereocenters. The van der Waals surface area contributed by atoms with Crippen molar-refractivity contribution in [3.8, 4) is 0 Å². The van der Waals surface area contributed by atoms with Gasteiger partial charge in [-0.25, -0.2) is 4.98 Å². The van der Waals surface area contributed by atoms with Crippen LogP contribution in [0.2, 0.25) is 0 Å². The summed E-state index contributed by atoms with van der Waals surface area (Å²) in [4.78, 5) is 3.92. The molecule has 1 heterocycles. The molecule has 56 valence electrons. The van der Waals surface area contributed by atoms with E-state index < -0.39 is 7.14 Å². The van der Waals surface area contributed by atoms with Gasteiger partial charge in [-0.3, -0.25) is 0 Å². The highest BCUT2D eigenvalue weighted by atomic mass is 32.1. The Morgan fingerprint density at radius 2 is 2.30 bits per heavy atom. The van der Waals surface area contributed by atoms with E-state index in [2.05, 4.69) is 4.98 Å². The third kappa shape index (κ3) is 1.58. The predicted octanol–water partition coefficient (Wildman–Crippen LogP) is 0.973. The standard InChI is InChI=1S/C5H9N2OPS/c1-9(2,8)4-3-10-5(6)7-4/h3H,1-2H3,(H2,6,7). The van der Waals surface area contributed by atoms with Crippen molar-refractivity contribution in [2.45, 2.75) is 0 Å². The molecular weight excluding hydrogens is 167 g/mol. The summed E-state index contributed by atoms with van der Waals surface area (Å²) in [6.45, 7) is 3.36. The van der Waals surface area contributed by atoms with Gasteiger partial charge in [-0.1, -0.05) is 0 Å². The molecule has 0 radical (unpaired) electrons. The zero-order chi connectivity index (χ0) is 7.78. The van der Waals surface area contributed by atoms with Crippen molar-refractivity contribution in [3.05, 3.63) is 5.38 Å². The number of nitrogen functional groups attached to an aromatic ring is 1. The molecule has 10 heavy (non-hydrogen) atoms. The van der Waals surface area contributed by atoms with Gasteiger partial charge in [-0.05, 0) is 13.3 Å². The van der Waals surface area contributed by atoms with Crippen LogP contribution in [0.25, 0.3) is 0 Å². The number of nitrogens with zero attached hydrogens (tertiary/aromatic N) is 1. The maximum absolute atomic E-state index is 11.3. The van der Waals surface area contributed by atoms with Crippen molar-refractivity contribution in [2.75, 3.05) is 19.1 Å². The number of hydrogen-bond acceptors (Lipinski definition) is 4. The summed E-state index contributed by atoms with van der Waals surface area (Å²) >= 11 is 1.33. The maximum Gasteiger partial charge on any atom is 0.180 e. The Morgan fingerprint density at radius 1 is 1.70 bits per heavy atom. The van der Waals surface area contributed by atoms with Crippen LogP contribution in [0.3, 0.4) is 0 Å². The van der Waals surface area contributed by atoms with E-state index in [1.807, 2.05) is 0 Å². The van der Waals surface area contributed by atoms with Crippen LogP contribution < -0.4 is 11.2 Å². The topological polar surface area (TPSA) is 56.0 Å². The molecule has 1 aromatic heterocycles.